The molecule has 6 nitrogen and oxygen atoms in total. The van der Waals surface area contributed by atoms with Gasteiger partial charge in [-0.05, 0) is 86.7 Å². The van der Waals surface area contributed by atoms with Gasteiger partial charge in [-0.3, -0.25) is 14.9 Å². The first-order chi connectivity index (χ1) is 15.5. The number of rotatable bonds is 3. The lowest BCUT2D eigenvalue weighted by atomic mass is 9.87. The highest BCUT2D eigenvalue weighted by Crippen LogP contribution is 2.39. The number of allylic oxidation sites excluding steroid dienone is 1. The molecule has 4 amide bonds. The molecule has 0 aliphatic carbocycles. The minimum absolute atomic E-state index is 0.0663. The van der Waals surface area contributed by atoms with Gasteiger partial charge in [-0.25, -0.2) is 9.69 Å². The zero-order valence-corrected chi connectivity index (χ0v) is 19.9. The van der Waals surface area contributed by atoms with Crippen LogP contribution in [0.2, 0.25) is 0 Å². The van der Waals surface area contributed by atoms with Crippen LogP contribution in [-0.4, -0.2) is 30.4 Å². The molecular weight excluding hydrogens is 414 g/mol. The molecule has 0 bridgehead atoms. The van der Waals surface area contributed by atoms with Crippen molar-refractivity contribution in [2.75, 3.05) is 16.8 Å². The Morgan fingerprint density at radius 3 is 2.33 bits per heavy atom. The van der Waals surface area contributed by atoms with Crippen LogP contribution in [0.1, 0.15) is 49.9 Å². The molecule has 6 heteroatoms. The molecule has 1 saturated heterocycles. The molecule has 2 heterocycles. The van der Waals surface area contributed by atoms with Crippen LogP contribution in [-0.2, 0) is 16.0 Å². The third-order valence-electron chi connectivity index (χ3n) is 6.61. The van der Waals surface area contributed by atoms with Crippen molar-refractivity contribution in [3.63, 3.8) is 0 Å². The molecule has 2 aromatic rings. The first-order valence-corrected chi connectivity index (χ1v) is 11.1. The van der Waals surface area contributed by atoms with Gasteiger partial charge >= 0.3 is 6.03 Å². The van der Waals surface area contributed by atoms with Crippen molar-refractivity contribution >= 4 is 40.9 Å². The third kappa shape index (κ3) is 3.86. The smallest absolute Gasteiger partial charge is 0.335 e. The van der Waals surface area contributed by atoms with Crippen molar-refractivity contribution in [1.82, 2.24) is 5.32 Å². The fourth-order valence-electron chi connectivity index (χ4n) is 4.40. The second-order valence-corrected chi connectivity index (χ2v) is 9.24. The maximum absolute atomic E-state index is 13.3. The van der Waals surface area contributed by atoms with Gasteiger partial charge < -0.3 is 4.90 Å². The number of hydrogen-bond acceptors (Lipinski definition) is 4. The minimum Gasteiger partial charge on any atom is -0.365 e. The molecule has 2 aromatic carbocycles. The summed E-state index contributed by atoms with van der Waals surface area (Å²) in [7, 11) is 2.06. The van der Waals surface area contributed by atoms with Crippen molar-refractivity contribution < 1.29 is 14.4 Å². The van der Waals surface area contributed by atoms with Crippen LogP contribution in [0.25, 0.3) is 11.6 Å². The van der Waals surface area contributed by atoms with E-state index in [4.69, 9.17) is 0 Å². The van der Waals surface area contributed by atoms with Crippen LogP contribution in [0, 0.1) is 6.92 Å². The number of anilines is 2. The second kappa shape index (κ2) is 8.03. The SMILES string of the molecule is CCc1ccc(N2C(=O)NC(=O)/C(=C\c3cc4c(cc3C)N(C)C(C)(C)C=C4C)C2=O)cc1. The fourth-order valence-corrected chi connectivity index (χ4v) is 4.40. The van der Waals surface area contributed by atoms with Crippen molar-refractivity contribution in [2.24, 2.45) is 0 Å². The van der Waals surface area contributed by atoms with E-state index in [9.17, 15) is 14.4 Å². The number of likely N-dealkylation sites (N-methyl/N-ethyl adjacent to an activating group) is 1. The van der Waals surface area contributed by atoms with Crippen LogP contribution in [0.5, 0.6) is 0 Å². The van der Waals surface area contributed by atoms with Gasteiger partial charge in [-0.15, -0.1) is 0 Å². The monoisotopic (exact) mass is 443 g/mol. The summed E-state index contributed by atoms with van der Waals surface area (Å²) in [6.07, 6.45) is 4.64. The molecule has 170 valence electrons. The Kier molecular flexibility index (Phi) is 5.48. The van der Waals surface area contributed by atoms with Gasteiger partial charge in [0, 0.05) is 18.3 Å². The minimum atomic E-state index is -0.740. The Morgan fingerprint density at radius 2 is 1.70 bits per heavy atom. The first kappa shape index (κ1) is 22.5. The largest absolute Gasteiger partial charge is 0.365 e. The number of amides is 4. The summed E-state index contributed by atoms with van der Waals surface area (Å²) in [6, 6.07) is 10.5. The van der Waals surface area contributed by atoms with E-state index in [1.54, 1.807) is 18.2 Å². The molecular formula is C27H29N3O3. The highest BCUT2D eigenvalue weighted by atomic mass is 16.2. The summed E-state index contributed by atoms with van der Waals surface area (Å²) in [5.74, 6) is -1.32. The number of hydrogen-bond donors (Lipinski definition) is 1. The van der Waals surface area contributed by atoms with Gasteiger partial charge in [0.1, 0.15) is 5.57 Å². The topological polar surface area (TPSA) is 69.7 Å². The molecule has 0 radical (unpaired) electrons. The maximum Gasteiger partial charge on any atom is 0.335 e. The van der Waals surface area contributed by atoms with Crippen LogP contribution in [0.4, 0.5) is 16.2 Å². The lowest BCUT2D eigenvalue weighted by molar-refractivity contribution is -0.122. The molecule has 2 aliphatic heterocycles. The molecule has 0 aromatic heterocycles. The van der Waals surface area contributed by atoms with E-state index in [2.05, 4.69) is 50.2 Å². The molecule has 0 spiro atoms. The Hall–Kier alpha value is -3.67. The van der Waals surface area contributed by atoms with Crippen LogP contribution < -0.4 is 15.1 Å². The number of carbonyl (C=O) groups is 3. The molecule has 4 rings (SSSR count). The molecule has 0 atom stereocenters. The molecule has 2 aliphatic rings. The molecule has 0 unspecified atom stereocenters. The number of aryl methyl sites for hydroxylation is 2. The lowest BCUT2D eigenvalue weighted by Crippen LogP contribution is -2.54. The van der Waals surface area contributed by atoms with Crippen molar-refractivity contribution in [1.29, 1.82) is 0 Å². The number of urea groups is 1. The summed E-state index contributed by atoms with van der Waals surface area (Å²) in [4.78, 5) is 41.6. The normalized spacial score (nSPS) is 18.9. The van der Waals surface area contributed by atoms with Crippen LogP contribution >= 0.6 is 0 Å². The van der Waals surface area contributed by atoms with Gasteiger partial charge in [0.25, 0.3) is 11.8 Å². The average Bonchev–Trinajstić information content (AvgIpc) is 2.75. The molecule has 33 heavy (non-hydrogen) atoms. The zero-order chi connectivity index (χ0) is 24.1. The molecule has 1 fully saturated rings. The summed E-state index contributed by atoms with van der Waals surface area (Å²) < 4.78 is 0. The standard InChI is InChI=1S/C27H29N3O3/c1-7-18-8-10-20(11-9-18)30-25(32)22(24(31)28-26(30)33)14-19-13-21-17(3)15-27(4,5)29(6)23(21)12-16(19)2/h8-15H,7H2,1-6H3,(H,28,31,33)/b22-14+. The maximum atomic E-state index is 13.3. The van der Waals surface area contributed by atoms with Gasteiger partial charge in [0.05, 0.1) is 11.2 Å². The Morgan fingerprint density at radius 1 is 1.03 bits per heavy atom. The number of fused-ring (bicyclic) bond motifs is 1. The highest BCUT2D eigenvalue weighted by Gasteiger charge is 2.37. The Bertz CT molecular complexity index is 1240. The average molecular weight is 444 g/mol. The fraction of sp³-hybridized carbons (Fsp3) is 0.296. The van der Waals surface area contributed by atoms with E-state index in [0.717, 1.165) is 44.8 Å². The number of imide groups is 2. The summed E-state index contributed by atoms with van der Waals surface area (Å²) in [5, 5.41) is 2.30. The number of nitrogens with zero attached hydrogens (tertiary/aromatic N) is 2. The van der Waals surface area contributed by atoms with Crippen LogP contribution in [0.3, 0.4) is 0 Å². The first-order valence-electron chi connectivity index (χ1n) is 11.1. The van der Waals surface area contributed by atoms with Gasteiger partial charge in [0.2, 0.25) is 0 Å². The number of nitrogens with one attached hydrogen (secondary N) is 1. The van der Waals surface area contributed by atoms with Crippen LogP contribution in [0.15, 0.2) is 48.0 Å². The molecule has 0 saturated carbocycles. The summed E-state index contributed by atoms with van der Waals surface area (Å²) >= 11 is 0. The summed E-state index contributed by atoms with van der Waals surface area (Å²) in [6.45, 7) is 10.4. The zero-order valence-electron chi connectivity index (χ0n) is 19.9. The van der Waals surface area contributed by atoms with Gasteiger partial charge in [-0.1, -0.05) is 25.1 Å². The predicted molar refractivity (Wildman–Crippen MR) is 132 cm³/mol. The predicted octanol–water partition coefficient (Wildman–Crippen LogP) is 4.86. The van der Waals surface area contributed by atoms with E-state index in [-0.39, 0.29) is 11.1 Å². The highest BCUT2D eigenvalue weighted by molar-refractivity contribution is 6.39. The van der Waals surface area contributed by atoms with Crippen molar-refractivity contribution in [3.8, 4) is 0 Å². The summed E-state index contributed by atoms with van der Waals surface area (Å²) in [5.41, 5.74) is 6.35. The Labute approximate surface area is 194 Å². The van der Waals surface area contributed by atoms with Crippen molar-refractivity contribution in [3.05, 3.63) is 70.3 Å². The van der Waals surface area contributed by atoms with E-state index >= 15 is 0 Å². The van der Waals surface area contributed by atoms with Crippen molar-refractivity contribution in [2.45, 2.75) is 46.6 Å². The van der Waals surface area contributed by atoms with Gasteiger partial charge in [0.15, 0.2) is 0 Å². The van der Waals surface area contributed by atoms with E-state index in [0.29, 0.717) is 5.69 Å². The third-order valence-corrected chi connectivity index (χ3v) is 6.61. The number of carbonyl (C=O) groups excluding carboxylic acids is 3. The van der Waals surface area contributed by atoms with Gasteiger partial charge in [-0.2, -0.15) is 0 Å². The second-order valence-electron chi connectivity index (χ2n) is 9.24. The van der Waals surface area contributed by atoms with E-state index in [1.165, 1.54) is 0 Å². The molecule has 1 N–H and O–H groups in total. The number of barbiturate groups is 1. The Balaban J connectivity index is 1.76. The van der Waals surface area contributed by atoms with E-state index in [1.807, 2.05) is 32.0 Å². The van der Waals surface area contributed by atoms with E-state index < -0.39 is 17.8 Å². The number of benzene rings is 2. The lowest BCUT2D eigenvalue weighted by Gasteiger charge is -2.41. The quantitative estimate of drug-likeness (QED) is 0.544.